The van der Waals surface area contributed by atoms with Crippen LogP contribution in [0.25, 0.3) is 22.4 Å². The van der Waals surface area contributed by atoms with Crippen molar-refractivity contribution >= 4 is 11.0 Å². The van der Waals surface area contributed by atoms with E-state index >= 15 is 0 Å². The maximum atomic E-state index is 13.8. The van der Waals surface area contributed by atoms with Gasteiger partial charge in [0.25, 0.3) is 0 Å². The molecule has 3 aromatic rings. The first-order chi connectivity index (χ1) is 10.2. The summed E-state index contributed by atoms with van der Waals surface area (Å²) in [4.78, 5) is 7.27. The first kappa shape index (κ1) is 12.1. The summed E-state index contributed by atoms with van der Waals surface area (Å²) in [7, 11) is 0. The van der Waals surface area contributed by atoms with Crippen molar-refractivity contribution < 1.29 is 18.3 Å². The maximum absolute atomic E-state index is 13.8. The molecule has 1 aliphatic rings. The van der Waals surface area contributed by atoms with Crippen LogP contribution in [0.15, 0.2) is 30.3 Å². The zero-order chi connectivity index (χ0) is 14.4. The Hall–Kier alpha value is -2.63. The first-order valence-electron chi connectivity index (χ1n) is 6.45. The van der Waals surface area contributed by atoms with Gasteiger partial charge in [-0.3, -0.25) is 0 Å². The Morgan fingerprint density at radius 1 is 1.00 bits per heavy atom. The lowest BCUT2D eigenvalue weighted by Gasteiger charge is -2.17. The summed E-state index contributed by atoms with van der Waals surface area (Å²) in [6, 6.07) is 6.73. The summed E-state index contributed by atoms with van der Waals surface area (Å²) in [6.07, 6.45) is 0. The molecule has 4 nitrogen and oxygen atoms in total. The van der Waals surface area contributed by atoms with Crippen molar-refractivity contribution in [2.45, 2.75) is 0 Å². The van der Waals surface area contributed by atoms with Gasteiger partial charge in [0.15, 0.2) is 11.5 Å². The topological polar surface area (TPSA) is 47.1 Å². The first-order valence-corrected chi connectivity index (χ1v) is 6.45. The lowest BCUT2D eigenvalue weighted by Crippen LogP contribution is -2.15. The van der Waals surface area contributed by atoms with Crippen molar-refractivity contribution in [1.29, 1.82) is 0 Å². The summed E-state index contributed by atoms with van der Waals surface area (Å²) in [6.45, 7) is 0.965. The predicted molar refractivity (Wildman–Crippen MR) is 72.4 cm³/mol. The van der Waals surface area contributed by atoms with E-state index < -0.39 is 11.6 Å². The molecule has 6 heteroatoms. The number of benzene rings is 2. The highest BCUT2D eigenvalue weighted by molar-refractivity contribution is 5.83. The third-order valence-corrected chi connectivity index (χ3v) is 3.33. The Labute approximate surface area is 118 Å². The molecule has 1 aliphatic heterocycles. The van der Waals surface area contributed by atoms with Gasteiger partial charge in [-0.05, 0) is 18.2 Å². The van der Waals surface area contributed by atoms with Gasteiger partial charge in [-0.15, -0.1) is 0 Å². The highest BCUT2D eigenvalue weighted by atomic mass is 19.1. The highest BCUT2D eigenvalue weighted by Gasteiger charge is 2.16. The molecule has 0 saturated heterocycles. The standard InChI is InChI=1S/C15H10F2N2O2/c16-8-1-2-10(17)9(5-8)15-18-11-6-13-14(7-12(11)19-15)21-4-3-20-13/h1-2,5-7H,3-4H2,(H,18,19). The minimum Gasteiger partial charge on any atom is -0.486 e. The largest absolute Gasteiger partial charge is 0.486 e. The number of ether oxygens (including phenoxy) is 2. The number of halogens is 2. The number of nitrogens with one attached hydrogen (secondary N) is 1. The lowest BCUT2D eigenvalue weighted by molar-refractivity contribution is 0.172. The number of aromatic amines is 1. The van der Waals surface area contributed by atoms with Crippen LogP contribution in [-0.2, 0) is 0 Å². The predicted octanol–water partition coefficient (Wildman–Crippen LogP) is 3.28. The van der Waals surface area contributed by atoms with Gasteiger partial charge in [0.2, 0.25) is 0 Å². The molecule has 0 bridgehead atoms. The number of H-pyrrole nitrogens is 1. The molecule has 0 radical (unpaired) electrons. The second-order valence-corrected chi connectivity index (χ2v) is 4.72. The van der Waals surface area contributed by atoms with Crippen LogP contribution >= 0.6 is 0 Å². The fourth-order valence-corrected chi connectivity index (χ4v) is 2.35. The minimum atomic E-state index is -0.535. The van der Waals surface area contributed by atoms with Crippen molar-refractivity contribution in [2.24, 2.45) is 0 Å². The van der Waals surface area contributed by atoms with Gasteiger partial charge in [0.05, 0.1) is 16.6 Å². The van der Waals surface area contributed by atoms with E-state index in [-0.39, 0.29) is 11.4 Å². The van der Waals surface area contributed by atoms with Crippen LogP contribution in [0.3, 0.4) is 0 Å². The normalized spacial score (nSPS) is 13.6. The van der Waals surface area contributed by atoms with Crippen LogP contribution < -0.4 is 9.47 Å². The summed E-state index contributed by atoms with van der Waals surface area (Å²) >= 11 is 0. The van der Waals surface area contributed by atoms with Gasteiger partial charge in [-0.25, -0.2) is 13.8 Å². The second-order valence-electron chi connectivity index (χ2n) is 4.72. The fraction of sp³-hybridized carbons (Fsp3) is 0.133. The molecule has 0 spiro atoms. The van der Waals surface area contributed by atoms with Crippen LogP contribution in [-0.4, -0.2) is 23.2 Å². The molecule has 2 aromatic carbocycles. The quantitative estimate of drug-likeness (QED) is 0.747. The highest BCUT2D eigenvalue weighted by Crippen LogP contribution is 2.35. The van der Waals surface area contributed by atoms with Crippen molar-refractivity contribution in [1.82, 2.24) is 9.97 Å². The van der Waals surface area contributed by atoms with Gasteiger partial charge in [0.1, 0.15) is 30.7 Å². The summed E-state index contributed by atoms with van der Waals surface area (Å²) in [5.41, 5.74) is 1.38. The van der Waals surface area contributed by atoms with E-state index in [4.69, 9.17) is 9.47 Å². The number of fused-ring (bicyclic) bond motifs is 2. The Bertz CT molecular complexity index is 802. The Morgan fingerprint density at radius 3 is 2.57 bits per heavy atom. The second kappa shape index (κ2) is 4.44. The molecule has 4 rings (SSSR count). The van der Waals surface area contributed by atoms with Gasteiger partial charge >= 0.3 is 0 Å². The van der Waals surface area contributed by atoms with E-state index in [0.29, 0.717) is 35.7 Å². The number of rotatable bonds is 1. The van der Waals surface area contributed by atoms with Gasteiger partial charge in [-0.1, -0.05) is 0 Å². The van der Waals surface area contributed by atoms with Crippen LogP contribution in [0.2, 0.25) is 0 Å². The Kier molecular flexibility index (Phi) is 2.57. The Balaban J connectivity index is 1.88. The van der Waals surface area contributed by atoms with E-state index in [1.54, 1.807) is 12.1 Å². The molecule has 21 heavy (non-hydrogen) atoms. The molecule has 0 aliphatic carbocycles. The van der Waals surface area contributed by atoms with Gasteiger partial charge in [-0.2, -0.15) is 0 Å². The van der Waals surface area contributed by atoms with E-state index in [1.807, 2.05) is 0 Å². The molecule has 1 N–H and O–H groups in total. The fourth-order valence-electron chi connectivity index (χ4n) is 2.35. The maximum Gasteiger partial charge on any atom is 0.163 e. The van der Waals surface area contributed by atoms with Crippen LogP contribution in [0.4, 0.5) is 8.78 Å². The Morgan fingerprint density at radius 2 is 1.76 bits per heavy atom. The molecule has 106 valence electrons. The van der Waals surface area contributed by atoms with E-state index in [1.165, 1.54) is 0 Å². The monoisotopic (exact) mass is 288 g/mol. The van der Waals surface area contributed by atoms with Crippen molar-refractivity contribution in [2.75, 3.05) is 13.2 Å². The SMILES string of the molecule is Fc1ccc(F)c(-c2nc3cc4c(cc3[nH]2)OCCO4)c1. The van der Waals surface area contributed by atoms with Gasteiger partial charge < -0.3 is 14.5 Å². The molecule has 2 heterocycles. The van der Waals surface area contributed by atoms with Gasteiger partial charge in [0, 0.05) is 12.1 Å². The summed E-state index contributed by atoms with van der Waals surface area (Å²) < 4.78 is 38.1. The average Bonchev–Trinajstić information content (AvgIpc) is 2.89. The third-order valence-electron chi connectivity index (χ3n) is 3.33. The van der Waals surface area contributed by atoms with Crippen LogP contribution in [0, 0.1) is 11.6 Å². The molecule has 0 atom stereocenters. The molecular weight excluding hydrogens is 278 g/mol. The summed E-state index contributed by atoms with van der Waals surface area (Å²) in [5, 5.41) is 0. The van der Waals surface area contributed by atoms with E-state index in [9.17, 15) is 8.78 Å². The van der Waals surface area contributed by atoms with Crippen LogP contribution in [0.1, 0.15) is 0 Å². The molecular formula is C15H10F2N2O2. The number of nitrogens with zero attached hydrogens (tertiary/aromatic N) is 1. The van der Waals surface area contributed by atoms with Crippen LogP contribution in [0.5, 0.6) is 11.5 Å². The number of aromatic nitrogens is 2. The van der Waals surface area contributed by atoms with Crippen molar-refractivity contribution in [3.63, 3.8) is 0 Å². The van der Waals surface area contributed by atoms with Crippen molar-refractivity contribution in [3.05, 3.63) is 42.0 Å². The zero-order valence-electron chi connectivity index (χ0n) is 10.8. The molecule has 0 unspecified atom stereocenters. The molecule has 0 fully saturated rings. The molecule has 0 amide bonds. The van der Waals surface area contributed by atoms with Crippen molar-refractivity contribution in [3.8, 4) is 22.9 Å². The molecule has 0 saturated carbocycles. The third kappa shape index (κ3) is 1.99. The number of hydrogen-bond donors (Lipinski definition) is 1. The zero-order valence-corrected chi connectivity index (χ0v) is 10.8. The van der Waals surface area contributed by atoms with E-state index in [0.717, 1.165) is 18.2 Å². The smallest absolute Gasteiger partial charge is 0.163 e. The average molecular weight is 288 g/mol. The minimum absolute atomic E-state index is 0.0889. The van der Waals surface area contributed by atoms with E-state index in [2.05, 4.69) is 9.97 Å². The number of hydrogen-bond acceptors (Lipinski definition) is 3. The number of imidazole rings is 1. The molecule has 1 aromatic heterocycles. The summed E-state index contributed by atoms with van der Waals surface area (Å²) in [5.74, 6) is 0.435. The lowest BCUT2D eigenvalue weighted by atomic mass is 10.2.